The molecule has 0 heterocycles. The normalized spacial score (nSPS) is 9.17. The average Bonchev–Trinajstić information content (AvgIpc) is 2.03. The lowest BCUT2D eigenvalue weighted by Gasteiger charge is -2.01. The number of Topliss-reactive ketones (excluding diaryl/α,β-unsaturated/α-hetero) is 1. The molecule has 0 aromatic heterocycles. The third kappa shape index (κ3) is 4.62. The molecule has 0 unspecified atom stereocenters. The molecule has 0 aliphatic heterocycles. The summed E-state index contributed by atoms with van der Waals surface area (Å²) in [6, 6.07) is 0. The number of allylic oxidation sites excluding steroid dienone is 1. The molecule has 0 bridgehead atoms. The fourth-order valence-electron chi connectivity index (χ4n) is 0.517. The highest BCUT2D eigenvalue weighted by Gasteiger charge is 2.04. The third-order valence-electron chi connectivity index (χ3n) is 1.20. The summed E-state index contributed by atoms with van der Waals surface area (Å²) in [6.45, 7) is 4.38. The number of hydrogen-bond acceptors (Lipinski definition) is 4. The van der Waals surface area contributed by atoms with E-state index < -0.39 is 12.6 Å². The van der Waals surface area contributed by atoms with Gasteiger partial charge in [-0.3, -0.25) is 4.79 Å². The van der Waals surface area contributed by atoms with Crippen LogP contribution < -0.4 is 0 Å². The van der Waals surface area contributed by atoms with E-state index in [0.717, 1.165) is 0 Å². The van der Waals surface area contributed by atoms with Crippen molar-refractivity contribution in [3.63, 3.8) is 0 Å². The van der Waals surface area contributed by atoms with Gasteiger partial charge in [0.2, 0.25) is 0 Å². The van der Waals surface area contributed by atoms with E-state index in [-0.39, 0.29) is 18.8 Å². The molecule has 4 nitrogen and oxygen atoms in total. The SMILES string of the molecule is C=C(C)C(=O)CCOC(=O)CO. The maximum absolute atomic E-state index is 10.9. The minimum atomic E-state index is -0.718. The fourth-order valence-corrected chi connectivity index (χ4v) is 0.517. The van der Waals surface area contributed by atoms with E-state index in [0.29, 0.717) is 5.57 Å². The van der Waals surface area contributed by atoms with Crippen molar-refractivity contribution < 1.29 is 19.4 Å². The summed E-state index contributed by atoms with van der Waals surface area (Å²) in [5.74, 6) is -0.856. The van der Waals surface area contributed by atoms with E-state index in [4.69, 9.17) is 5.11 Å². The molecule has 0 aliphatic rings. The maximum atomic E-state index is 10.9. The van der Waals surface area contributed by atoms with Crippen LogP contribution in [0.15, 0.2) is 12.2 Å². The van der Waals surface area contributed by atoms with E-state index in [1.807, 2.05) is 0 Å². The molecule has 0 saturated heterocycles. The van der Waals surface area contributed by atoms with Gasteiger partial charge >= 0.3 is 5.97 Å². The summed E-state index contributed by atoms with van der Waals surface area (Å²) < 4.78 is 4.46. The summed E-state index contributed by atoms with van der Waals surface area (Å²) in [4.78, 5) is 21.2. The van der Waals surface area contributed by atoms with Crippen LogP contribution in [-0.4, -0.2) is 30.1 Å². The highest BCUT2D eigenvalue weighted by atomic mass is 16.5. The molecular weight excluding hydrogens is 160 g/mol. The summed E-state index contributed by atoms with van der Waals surface area (Å²) in [6.07, 6.45) is 0.126. The lowest BCUT2D eigenvalue weighted by molar-refractivity contribution is -0.147. The third-order valence-corrected chi connectivity index (χ3v) is 1.20. The van der Waals surface area contributed by atoms with E-state index in [1.165, 1.54) is 0 Å². The Kier molecular flexibility index (Phi) is 4.96. The lowest BCUT2D eigenvalue weighted by atomic mass is 10.2. The Bertz CT molecular complexity index is 195. The van der Waals surface area contributed by atoms with Gasteiger partial charge in [0.05, 0.1) is 6.61 Å². The van der Waals surface area contributed by atoms with Crippen LogP contribution in [0.1, 0.15) is 13.3 Å². The van der Waals surface area contributed by atoms with Crippen LogP contribution in [0.3, 0.4) is 0 Å². The second-order valence-electron chi connectivity index (χ2n) is 2.33. The zero-order valence-electron chi connectivity index (χ0n) is 7.00. The molecule has 0 aromatic rings. The molecule has 4 heteroatoms. The summed E-state index contributed by atoms with van der Waals surface area (Å²) >= 11 is 0. The molecule has 0 aromatic carbocycles. The minimum absolute atomic E-state index is 0.00505. The Labute approximate surface area is 70.8 Å². The molecule has 0 saturated carbocycles. The second-order valence-corrected chi connectivity index (χ2v) is 2.33. The molecule has 0 atom stereocenters. The summed E-state index contributed by atoms with van der Waals surface area (Å²) in [5.41, 5.74) is 0.440. The maximum Gasteiger partial charge on any atom is 0.331 e. The number of ketones is 1. The molecule has 0 aliphatic carbocycles. The van der Waals surface area contributed by atoms with Gasteiger partial charge in [-0.1, -0.05) is 6.58 Å². The largest absolute Gasteiger partial charge is 0.464 e. The Hall–Kier alpha value is -1.16. The number of aliphatic hydroxyl groups is 1. The monoisotopic (exact) mass is 172 g/mol. The number of ether oxygens (including phenoxy) is 1. The number of esters is 1. The highest BCUT2D eigenvalue weighted by molar-refractivity contribution is 5.94. The van der Waals surface area contributed by atoms with Crippen LogP contribution in [0.2, 0.25) is 0 Å². The Morgan fingerprint density at radius 1 is 1.50 bits per heavy atom. The molecule has 0 rings (SSSR count). The van der Waals surface area contributed by atoms with E-state index in [9.17, 15) is 9.59 Å². The van der Waals surface area contributed by atoms with Gasteiger partial charge in [0.25, 0.3) is 0 Å². The van der Waals surface area contributed by atoms with Crippen molar-refractivity contribution in [1.82, 2.24) is 0 Å². The fraction of sp³-hybridized carbons (Fsp3) is 0.500. The summed E-state index contributed by atoms with van der Waals surface area (Å²) in [7, 11) is 0. The minimum Gasteiger partial charge on any atom is -0.464 e. The van der Waals surface area contributed by atoms with Gasteiger partial charge in [-0.15, -0.1) is 0 Å². The van der Waals surface area contributed by atoms with Gasteiger partial charge in [0, 0.05) is 6.42 Å². The molecule has 0 radical (unpaired) electrons. The van der Waals surface area contributed by atoms with Gasteiger partial charge in [0.1, 0.15) is 6.61 Å². The van der Waals surface area contributed by atoms with Crippen molar-refractivity contribution in [2.45, 2.75) is 13.3 Å². The van der Waals surface area contributed by atoms with Gasteiger partial charge in [-0.25, -0.2) is 4.79 Å². The van der Waals surface area contributed by atoms with Gasteiger partial charge in [-0.2, -0.15) is 0 Å². The first-order valence-electron chi connectivity index (χ1n) is 3.53. The van der Waals surface area contributed by atoms with Crippen molar-refractivity contribution in [3.05, 3.63) is 12.2 Å². The molecule has 0 fully saturated rings. The van der Waals surface area contributed by atoms with Crippen LogP contribution >= 0.6 is 0 Å². The van der Waals surface area contributed by atoms with Crippen molar-refractivity contribution in [1.29, 1.82) is 0 Å². The van der Waals surface area contributed by atoms with Crippen molar-refractivity contribution in [2.24, 2.45) is 0 Å². The van der Waals surface area contributed by atoms with Crippen LogP contribution in [0.25, 0.3) is 0 Å². The number of rotatable bonds is 5. The predicted molar refractivity (Wildman–Crippen MR) is 42.5 cm³/mol. The van der Waals surface area contributed by atoms with Crippen molar-refractivity contribution >= 4 is 11.8 Å². The standard InChI is InChI=1S/C8H12O4/c1-6(2)7(10)3-4-12-8(11)5-9/h9H,1,3-5H2,2H3. The van der Waals surface area contributed by atoms with Crippen molar-refractivity contribution in [2.75, 3.05) is 13.2 Å². The van der Waals surface area contributed by atoms with E-state index in [2.05, 4.69) is 11.3 Å². The zero-order chi connectivity index (χ0) is 9.56. The Morgan fingerprint density at radius 3 is 2.50 bits per heavy atom. The average molecular weight is 172 g/mol. The first kappa shape index (κ1) is 10.8. The summed E-state index contributed by atoms with van der Waals surface area (Å²) in [5, 5.41) is 8.23. The molecule has 1 N–H and O–H groups in total. The van der Waals surface area contributed by atoms with Crippen molar-refractivity contribution in [3.8, 4) is 0 Å². The predicted octanol–water partition coefficient (Wildman–Crippen LogP) is 0.0572. The van der Waals surface area contributed by atoms with E-state index >= 15 is 0 Å². The van der Waals surface area contributed by atoms with Gasteiger partial charge in [0.15, 0.2) is 5.78 Å². The van der Waals surface area contributed by atoms with Crippen LogP contribution in [0, 0.1) is 0 Å². The molecular formula is C8H12O4. The Balaban J connectivity index is 3.50. The molecule has 12 heavy (non-hydrogen) atoms. The Morgan fingerprint density at radius 2 is 2.08 bits per heavy atom. The van der Waals surface area contributed by atoms with Crippen LogP contribution in [-0.2, 0) is 14.3 Å². The number of carbonyl (C=O) groups excluding carboxylic acids is 2. The second kappa shape index (κ2) is 5.49. The lowest BCUT2D eigenvalue weighted by Crippen LogP contribution is -2.12. The quantitative estimate of drug-likeness (QED) is 0.470. The van der Waals surface area contributed by atoms with Gasteiger partial charge in [-0.05, 0) is 12.5 Å². The van der Waals surface area contributed by atoms with Crippen LogP contribution in [0.5, 0.6) is 0 Å². The van der Waals surface area contributed by atoms with Crippen LogP contribution in [0.4, 0.5) is 0 Å². The number of aliphatic hydroxyl groups excluding tert-OH is 1. The highest BCUT2D eigenvalue weighted by Crippen LogP contribution is 1.95. The topological polar surface area (TPSA) is 63.6 Å². The smallest absolute Gasteiger partial charge is 0.331 e. The number of carbonyl (C=O) groups is 2. The zero-order valence-corrected chi connectivity index (χ0v) is 7.00. The number of hydrogen-bond donors (Lipinski definition) is 1. The molecule has 0 spiro atoms. The first-order chi connectivity index (χ1) is 5.57. The van der Waals surface area contributed by atoms with Gasteiger partial charge < -0.3 is 9.84 Å². The molecule has 68 valence electrons. The van der Waals surface area contributed by atoms with E-state index in [1.54, 1.807) is 6.92 Å². The first-order valence-corrected chi connectivity index (χ1v) is 3.53. The molecule has 0 amide bonds.